The molecule has 0 aliphatic heterocycles. The first-order chi connectivity index (χ1) is 5.85. The molecule has 0 rings (SSSR count). The van der Waals surface area contributed by atoms with Crippen LogP contribution in [0.1, 0.15) is 20.3 Å². The Labute approximate surface area is 87.4 Å². The summed E-state index contributed by atoms with van der Waals surface area (Å²) in [5.41, 5.74) is 0. The minimum Gasteiger partial charge on any atom is -0.304 e. The molecule has 0 aromatic rings. The van der Waals surface area contributed by atoms with Crippen molar-refractivity contribution in [3.8, 4) is 0 Å². The van der Waals surface area contributed by atoms with E-state index in [0.29, 0.717) is 0 Å². The third-order valence-corrected chi connectivity index (χ3v) is 1.81. The molecule has 0 unspecified atom stereocenters. The molecule has 0 atom stereocenters. The number of halogens is 1. The monoisotopic (exact) mass is 205 g/mol. The van der Waals surface area contributed by atoms with Crippen molar-refractivity contribution in [3.63, 3.8) is 0 Å². The van der Waals surface area contributed by atoms with E-state index in [1.807, 2.05) is 0 Å². The molecular formula is C9H20ClN3. The van der Waals surface area contributed by atoms with Gasteiger partial charge in [-0.05, 0) is 26.1 Å². The van der Waals surface area contributed by atoms with Gasteiger partial charge < -0.3 is 4.90 Å². The van der Waals surface area contributed by atoms with Crippen molar-refractivity contribution in [2.75, 3.05) is 33.2 Å². The molecule has 78 valence electrons. The van der Waals surface area contributed by atoms with Gasteiger partial charge in [-0.25, -0.2) is 9.98 Å². The number of aliphatic imine (C=N–C) groups is 2. The standard InChI is InChI=1S/C9H19N3.ClH/c1-4-12(5-2)8-6-7-11-9-10-3;/h4-8H2,1-3H3;1H. The maximum atomic E-state index is 3.99. The van der Waals surface area contributed by atoms with Crippen LogP contribution in [0.25, 0.3) is 0 Å². The summed E-state index contributed by atoms with van der Waals surface area (Å²) >= 11 is 0. The third kappa shape index (κ3) is 9.54. The van der Waals surface area contributed by atoms with Crippen LogP contribution in [-0.2, 0) is 0 Å². The average molecular weight is 206 g/mol. The first-order valence-electron chi connectivity index (χ1n) is 4.57. The van der Waals surface area contributed by atoms with E-state index in [1.54, 1.807) is 7.05 Å². The molecule has 0 amide bonds. The van der Waals surface area contributed by atoms with Gasteiger partial charge in [0, 0.05) is 7.05 Å². The Morgan fingerprint density at radius 2 is 1.85 bits per heavy atom. The SMILES string of the molecule is CCN(CC)CCCN=C=NC.Cl. The second-order valence-corrected chi connectivity index (χ2v) is 2.59. The lowest BCUT2D eigenvalue weighted by Gasteiger charge is -2.16. The van der Waals surface area contributed by atoms with Gasteiger partial charge in [0.05, 0.1) is 12.6 Å². The van der Waals surface area contributed by atoms with E-state index in [2.05, 4.69) is 34.7 Å². The van der Waals surface area contributed by atoms with Gasteiger partial charge in [0.25, 0.3) is 0 Å². The third-order valence-electron chi connectivity index (χ3n) is 1.81. The lowest BCUT2D eigenvalue weighted by Crippen LogP contribution is -2.24. The number of rotatable bonds is 6. The number of hydrogen-bond acceptors (Lipinski definition) is 3. The molecule has 0 N–H and O–H groups in total. The van der Waals surface area contributed by atoms with Crippen LogP contribution in [0.15, 0.2) is 9.98 Å². The molecule has 0 heterocycles. The van der Waals surface area contributed by atoms with Crippen LogP contribution in [0.3, 0.4) is 0 Å². The van der Waals surface area contributed by atoms with Crippen molar-refractivity contribution in [2.45, 2.75) is 20.3 Å². The van der Waals surface area contributed by atoms with Crippen molar-refractivity contribution in [2.24, 2.45) is 9.98 Å². The zero-order chi connectivity index (χ0) is 9.23. The largest absolute Gasteiger partial charge is 0.304 e. The van der Waals surface area contributed by atoms with Gasteiger partial charge in [0.15, 0.2) is 0 Å². The summed E-state index contributed by atoms with van der Waals surface area (Å²) in [7, 11) is 1.69. The number of hydrogen-bond donors (Lipinski definition) is 0. The van der Waals surface area contributed by atoms with Gasteiger partial charge in [-0.1, -0.05) is 13.8 Å². The zero-order valence-electron chi connectivity index (χ0n) is 8.79. The van der Waals surface area contributed by atoms with Crippen LogP contribution < -0.4 is 0 Å². The number of nitrogens with zero attached hydrogens (tertiary/aromatic N) is 3. The Morgan fingerprint density at radius 3 is 2.31 bits per heavy atom. The van der Waals surface area contributed by atoms with E-state index in [1.165, 1.54) is 0 Å². The topological polar surface area (TPSA) is 28.0 Å². The molecule has 0 aromatic heterocycles. The molecule has 0 saturated carbocycles. The molecule has 0 radical (unpaired) electrons. The van der Waals surface area contributed by atoms with Gasteiger partial charge in [-0.2, -0.15) is 0 Å². The Balaban J connectivity index is 0. The van der Waals surface area contributed by atoms with Gasteiger partial charge >= 0.3 is 0 Å². The van der Waals surface area contributed by atoms with Crippen molar-refractivity contribution >= 4 is 18.4 Å². The highest BCUT2D eigenvalue weighted by Gasteiger charge is 1.95. The fourth-order valence-corrected chi connectivity index (χ4v) is 1.03. The highest BCUT2D eigenvalue weighted by molar-refractivity contribution is 5.85. The van der Waals surface area contributed by atoms with Crippen molar-refractivity contribution in [1.29, 1.82) is 0 Å². The first-order valence-corrected chi connectivity index (χ1v) is 4.57. The fourth-order valence-electron chi connectivity index (χ4n) is 1.03. The van der Waals surface area contributed by atoms with Crippen molar-refractivity contribution in [1.82, 2.24) is 4.90 Å². The molecule has 3 nitrogen and oxygen atoms in total. The van der Waals surface area contributed by atoms with Crippen LogP contribution in [0.2, 0.25) is 0 Å². The van der Waals surface area contributed by atoms with E-state index >= 15 is 0 Å². The quantitative estimate of drug-likeness (QED) is 0.481. The van der Waals surface area contributed by atoms with Crippen LogP contribution in [0.5, 0.6) is 0 Å². The van der Waals surface area contributed by atoms with Crippen LogP contribution in [0, 0.1) is 0 Å². The molecule has 0 aromatic carbocycles. The van der Waals surface area contributed by atoms with Crippen LogP contribution in [0.4, 0.5) is 0 Å². The maximum Gasteiger partial charge on any atom is 0.0889 e. The van der Waals surface area contributed by atoms with Crippen LogP contribution in [-0.4, -0.2) is 44.1 Å². The summed E-state index contributed by atoms with van der Waals surface area (Å²) in [5, 5.41) is 0. The summed E-state index contributed by atoms with van der Waals surface area (Å²) < 4.78 is 0. The summed E-state index contributed by atoms with van der Waals surface area (Å²) in [4.78, 5) is 10.0. The minimum absolute atomic E-state index is 0. The lowest BCUT2D eigenvalue weighted by molar-refractivity contribution is 0.302. The van der Waals surface area contributed by atoms with E-state index in [0.717, 1.165) is 32.6 Å². The van der Waals surface area contributed by atoms with Crippen LogP contribution >= 0.6 is 12.4 Å². The smallest absolute Gasteiger partial charge is 0.0889 e. The predicted molar refractivity (Wildman–Crippen MR) is 60.3 cm³/mol. The summed E-state index contributed by atoms with van der Waals surface area (Å²) in [6, 6.07) is 2.59. The molecule has 0 spiro atoms. The second-order valence-electron chi connectivity index (χ2n) is 2.59. The molecule has 4 heteroatoms. The molecular weight excluding hydrogens is 186 g/mol. The van der Waals surface area contributed by atoms with E-state index in [-0.39, 0.29) is 12.4 Å². The predicted octanol–water partition coefficient (Wildman–Crippen LogP) is 1.94. The summed E-state index contributed by atoms with van der Waals surface area (Å²) in [6.45, 7) is 8.58. The average Bonchev–Trinajstić information content (AvgIpc) is 2.11. The highest BCUT2D eigenvalue weighted by atomic mass is 35.5. The molecule has 0 aliphatic rings. The minimum atomic E-state index is 0. The molecule has 0 saturated heterocycles. The second kappa shape index (κ2) is 11.6. The van der Waals surface area contributed by atoms with Gasteiger partial charge in [0.2, 0.25) is 0 Å². The summed E-state index contributed by atoms with van der Waals surface area (Å²) in [5.74, 6) is 0. The lowest BCUT2D eigenvalue weighted by atomic mass is 10.4. The normalized spacial score (nSPS) is 8.92. The molecule has 0 bridgehead atoms. The molecule has 0 fully saturated rings. The zero-order valence-corrected chi connectivity index (χ0v) is 9.60. The van der Waals surface area contributed by atoms with E-state index in [9.17, 15) is 0 Å². The maximum absolute atomic E-state index is 3.99. The Hall–Kier alpha value is -0.370. The summed E-state index contributed by atoms with van der Waals surface area (Å²) in [6.07, 6.45) is 1.10. The Bertz CT molecular complexity index is 149. The van der Waals surface area contributed by atoms with Gasteiger partial charge in [-0.15, -0.1) is 12.4 Å². The van der Waals surface area contributed by atoms with Gasteiger partial charge in [-0.3, -0.25) is 0 Å². The van der Waals surface area contributed by atoms with E-state index < -0.39 is 0 Å². The van der Waals surface area contributed by atoms with Gasteiger partial charge in [0.1, 0.15) is 0 Å². The Kier molecular flexibility index (Phi) is 13.5. The molecule has 13 heavy (non-hydrogen) atoms. The Morgan fingerprint density at radius 1 is 1.23 bits per heavy atom. The van der Waals surface area contributed by atoms with Crippen molar-refractivity contribution in [3.05, 3.63) is 0 Å². The first kappa shape index (κ1) is 15.1. The highest BCUT2D eigenvalue weighted by Crippen LogP contribution is 1.90. The molecule has 0 aliphatic carbocycles. The van der Waals surface area contributed by atoms with Crippen molar-refractivity contribution < 1.29 is 0 Å². The fraction of sp³-hybridized carbons (Fsp3) is 0.889. The van der Waals surface area contributed by atoms with E-state index in [4.69, 9.17) is 0 Å².